The summed E-state index contributed by atoms with van der Waals surface area (Å²) in [6.45, 7) is 4.74. The number of aromatic hydroxyl groups is 1. The van der Waals surface area contributed by atoms with E-state index in [1.54, 1.807) is 12.1 Å². The lowest BCUT2D eigenvalue weighted by Gasteiger charge is -2.44. The first-order chi connectivity index (χ1) is 16.6. The standard InChI is InChI=1S/C26H29F2N5O2/c1-25-7-8-26(2,14-25)12-16(11-25)33(3)20-6-5-18(30-31-20)22-19(34)10-17(23(27)24(22)28)15-9-21(35-4)32-29-13-15/h5-6,9-10,13,16,34H,7-8,11-12,14H2,1-4H3/t16-,25-,26+. The molecule has 3 aromatic rings. The molecule has 2 saturated carbocycles. The molecular formula is C26H29F2N5O2. The van der Waals surface area contributed by atoms with E-state index in [-0.39, 0.29) is 28.3 Å². The van der Waals surface area contributed by atoms with E-state index in [0.717, 1.165) is 18.9 Å². The van der Waals surface area contributed by atoms with Gasteiger partial charge in [0.1, 0.15) is 5.75 Å². The van der Waals surface area contributed by atoms with Gasteiger partial charge in [0.25, 0.3) is 0 Å². The zero-order valence-corrected chi connectivity index (χ0v) is 20.3. The lowest BCUT2D eigenvalue weighted by Crippen LogP contribution is -2.42. The zero-order valence-electron chi connectivity index (χ0n) is 20.3. The van der Waals surface area contributed by atoms with Crippen LogP contribution in [-0.2, 0) is 0 Å². The van der Waals surface area contributed by atoms with Crippen molar-refractivity contribution in [1.29, 1.82) is 0 Å². The summed E-state index contributed by atoms with van der Waals surface area (Å²) >= 11 is 0. The number of fused-ring (bicyclic) bond motifs is 2. The molecule has 0 saturated heterocycles. The minimum absolute atomic E-state index is 0.0515. The Bertz CT molecular complexity index is 1250. The minimum Gasteiger partial charge on any atom is -0.507 e. The van der Waals surface area contributed by atoms with Crippen LogP contribution in [-0.4, -0.2) is 45.7 Å². The van der Waals surface area contributed by atoms with Crippen molar-refractivity contribution in [2.24, 2.45) is 10.8 Å². The van der Waals surface area contributed by atoms with Crippen molar-refractivity contribution >= 4 is 5.82 Å². The summed E-state index contributed by atoms with van der Waals surface area (Å²) < 4.78 is 35.1. The normalized spacial score (nSPS) is 25.5. The average Bonchev–Trinajstić information content (AvgIpc) is 3.07. The van der Waals surface area contributed by atoms with Crippen LogP contribution in [0.5, 0.6) is 11.6 Å². The number of phenolic OH excluding ortho intramolecular Hbond substituents is 1. The van der Waals surface area contributed by atoms with Gasteiger partial charge in [-0.3, -0.25) is 0 Å². The third-order valence-electron chi connectivity index (χ3n) is 7.80. The first kappa shape index (κ1) is 23.4. The molecule has 0 aliphatic heterocycles. The molecule has 7 nitrogen and oxygen atoms in total. The van der Waals surface area contributed by atoms with Gasteiger partial charge in [0.2, 0.25) is 5.88 Å². The maximum atomic E-state index is 15.1. The molecular weight excluding hydrogens is 452 g/mol. The van der Waals surface area contributed by atoms with Crippen LogP contribution in [0.4, 0.5) is 14.6 Å². The van der Waals surface area contributed by atoms with Crippen LogP contribution < -0.4 is 9.64 Å². The van der Waals surface area contributed by atoms with Crippen molar-refractivity contribution in [3.8, 4) is 34.0 Å². The van der Waals surface area contributed by atoms with Gasteiger partial charge in [-0.25, -0.2) is 8.78 Å². The Balaban J connectivity index is 1.43. The Labute approximate surface area is 203 Å². The molecule has 1 aromatic carbocycles. The summed E-state index contributed by atoms with van der Waals surface area (Å²) in [5, 5.41) is 26.5. The molecule has 2 aromatic heterocycles. The highest BCUT2D eigenvalue weighted by atomic mass is 19.2. The van der Waals surface area contributed by atoms with Crippen molar-refractivity contribution in [2.45, 2.75) is 52.0 Å². The fourth-order valence-electron chi connectivity index (χ4n) is 6.14. The van der Waals surface area contributed by atoms with Crippen LogP contribution in [0.2, 0.25) is 0 Å². The highest BCUT2D eigenvalue weighted by molar-refractivity contribution is 5.75. The predicted molar refractivity (Wildman–Crippen MR) is 128 cm³/mol. The quantitative estimate of drug-likeness (QED) is 0.523. The van der Waals surface area contributed by atoms with Gasteiger partial charge in [-0.1, -0.05) is 13.8 Å². The largest absolute Gasteiger partial charge is 0.507 e. The number of nitrogens with zero attached hydrogens (tertiary/aromatic N) is 5. The Morgan fingerprint density at radius 3 is 2.37 bits per heavy atom. The van der Waals surface area contributed by atoms with E-state index in [1.165, 1.54) is 38.6 Å². The number of ether oxygens (including phenoxy) is 1. The van der Waals surface area contributed by atoms with Gasteiger partial charge in [-0.15, -0.1) is 15.3 Å². The first-order valence-electron chi connectivity index (χ1n) is 11.8. The van der Waals surface area contributed by atoms with Crippen LogP contribution >= 0.6 is 0 Å². The van der Waals surface area contributed by atoms with E-state index in [0.29, 0.717) is 22.7 Å². The molecule has 1 N–H and O–H groups in total. The fourth-order valence-corrected chi connectivity index (χ4v) is 6.14. The van der Waals surface area contributed by atoms with E-state index < -0.39 is 17.4 Å². The first-order valence-corrected chi connectivity index (χ1v) is 11.8. The average molecular weight is 482 g/mol. The molecule has 0 spiro atoms. The van der Waals surface area contributed by atoms with E-state index in [2.05, 4.69) is 39.1 Å². The Morgan fingerprint density at radius 2 is 1.74 bits per heavy atom. The Hall–Kier alpha value is -3.36. The SMILES string of the molecule is COc1cc(-c2cc(O)c(-c3ccc(N(C)[C@H]4C[C@]5(C)CC[C@](C)(C4)C5)nn3)c(F)c2F)cnn1. The number of rotatable bonds is 5. The van der Waals surface area contributed by atoms with Crippen molar-refractivity contribution in [1.82, 2.24) is 20.4 Å². The number of methoxy groups -OCH3 is 1. The van der Waals surface area contributed by atoms with Crippen molar-refractivity contribution in [3.05, 3.63) is 42.1 Å². The second-order valence-corrected chi connectivity index (χ2v) is 10.7. The maximum absolute atomic E-state index is 15.1. The number of hydrogen-bond acceptors (Lipinski definition) is 7. The van der Waals surface area contributed by atoms with Gasteiger partial charge in [-0.2, -0.15) is 5.10 Å². The monoisotopic (exact) mass is 481 g/mol. The summed E-state index contributed by atoms with van der Waals surface area (Å²) in [6, 6.07) is 6.20. The van der Waals surface area contributed by atoms with E-state index in [4.69, 9.17) is 4.74 Å². The van der Waals surface area contributed by atoms with Gasteiger partial charge in [0.05, 0.1) is 24.6 Å². The summed E-state index contributed by atoms with van der Waals surface area (Å²) in [4.78, 5) is 2.14. The van der Waals surface area contributed by atoms with Crippen LogP contribution in [0.15, 0.2) is 30.5 Å². The van der Waals surface area contributed by atoms with Gasteiger partial charge in [-0.05, 0) is 61.1 Å². The Kier molecular flexibility index (Phi) is 5.61. The fraction of sp³-hybridized carbons (Fsp3) is 0.462. The highest BCUT2D eigenvalue weighted by Gasteiger charge is 2.50. The van der Waals surface area contributed by atoms with E-state index >= 15 is 8.78 Å². The molecule has 0 amide bonds. The number of aromatic nitrogens is 4. The highest BCUT2D eigenvalue weighted by Crippen LogP contribution is 2.58. The summed E-state index contributed by atoms with van der Waals surface area (Å²) in [7, 11) is 3.40. The van der Waals surface area contributed by atoms with Crippen LogP contribution in [0.25, 0.3) is 22.4 Å². The molecule has 5 rings (SSSR count). The van der Waals surface area contributed by atoms with Gasteiger partial charge >= 0.3 is 0 Å². The predicted octanol–water partition coefficient (Wildman–Crippen LogP) is 5.39. The zero-order chi connectivity index (χ0) is 25.0. The number of phenols is 1. The second-order valence-electron chi connectivity index (χ2n) is 10.7. The molecule has 3 atom stereocenters. The van der Waals surface area contributed by atoms with E-state index in [9.17, 15) is 5.11 Å². The number of benzene rings is 1. The third-order valence-corrected chi connectivity index (χ3v) is 7.80. The smallest absolute Gasteiger partial charge is 0.233 e. The van der Waals surface area contributed by atoms with Gasteiger partial charge < -0.3 is 14.7 Å². The molecule has 2 aliphatic carbocycles. The molecule has 2 aliphatic rings. The van der Waals surface area contributed by atoms with Crippen molar-refractivity contribution in [2.75, 3.05) is 19.1 Å². The van der Waals surface area contributed by atoms with Crippen molar-refractivity contribution in [3.63, 3.8) is 0 Å². The summed E-state index contributed by atoms with van der Waals surface area (Å²) in [5.74, 6) is -1.98. The third kappa shape index (κ3) is 4.17. The Morgan fingerprint density at radius 1 is 1.03 bits per heavy atom. The molecule has 35 heavy (non-hydrogen) atoms. The molecule has 2 bridgehead atoms. The topological polar surface area (TPSA) is 84.3 Å². The van der Waals surface area contributed by atoms with Crippen LogP contribution in [0.1, 0.15) is 46.0 Å². The minimum atomic E-state index is -1.21. The maximum Gasteiger partial charge on any atom is 0.233 e. The van der Waals surface area contributed by atoms with Crippen LogP contribution in [0.3, 0.4) is 0 Å². The van der Waals surface area contributed by atoms with Gasteiger partial charge in [0.15, 0.2) is 17.5 Å². The molecule has 9 heteroatoms. The van der Waals surface area contributed by atoms with Crippen LogP contribution in [0, 0.1) is 22.5 Å². The summed E-state index contributed by atoms with van der Waals surface area (Å²) in [5.41, 5.74) is 0.481. The molecule has 2 heterocycles. The van der Waals surface area contributed by atoms with Crippen molar-refractivity contribution < 1.29 is 18.6 Å². The lowest BCUT2D eigenvalue weighted by molar-refractivity contribution is 0.148. The number of anilines is 1. The number of hydrogen-bond donors (Lipinski definition) is 1. The molecule has 2 fully saturated rings. The lowest BCUT2D eigenvalue weighted by atomic mass is 9.68. The summed E-state index contributed by atoms with van der Waals surface area (Å²) in [6.07, 6.45) is 7.22. The second kappa shape index (κ2) is 8.39. The molecule has 0 unspecified atom stereocenters. The van der Waals surface area contributed by atoms with E-state index in [1.807, 2.05) is 7.05 Å². The number of halogens is 2. The molecule has 184 valence electrons. The molecule has 0 radical (unpaired) electrons. The van der Waals surface area contributed by atoms with Gasteiger partial charge in [0, 0.05) is 30.3 Å².